The van der Waals surface area contributed by atoms with E-state index in [1.165, 1.54) is 9.13 Å². The predicted molar refractivity (Wildman–Crippen MR) is 94.7 cm³/mol. The molecular formula is C17H25N5O2. The molecule has 24 heavy (non-hydrogen) atoms. The summed E-state index contributed by atoms with van der Waals surface area (Å²) in [5, 5.41) is 0. The molecule has 0 radical (unpaired) electrons. The fourth-order valence-corrected chi connectivity index (χ4v) is 3.14. The van der Waals surface area contributed by atoms with Crippen LogP contribution >= 0.6 is 0 Å². The second kappa shape index (κ2) is 5.96. The zero-order chi connectivity index (χ0) is 17.6. The number of aryl methyl sites for hydroxylation is 3. The SMILES string of the molecule is CCCn1c(C)cn2c3c(=O)n(CCC(C)C)c(=O)n(C)c3nc12. The number of nitrogens with zero attached hydrogens (tertiary/aromatic N) is 5. The molecule has 0 saturated heterocycles. The summed E-state index contributed by atoms with van der Waals surface area (Å²) in [6.07, 6.45) is 3.70. The molecule has 3 aromatic heterocycles. The molecule has 0 N–H and O–H groups in total. The topological polar surface area (TPSA) is 66.2 Å². The number of imidazole rings is 2. The second-order valence-electron chi connectivity index (χ2n) is 6.86. The maximum Gasteiger partial charge on any atom is 0.332 e. The zero-order valence-corrected chi connectivity index (χ0v) is 15.0. The molecule has 0 aromatic carbocycles. The Kier molecular flexibility index (Phi) is 4.11. The number of rotatable bonds is 5. The second-order valence-corrected chi connectivity index (χ2v) is 6.86. The van der Waals surface area contributed by atoms with Crippen molar-refractivity contribution in [3.63, 3.8) is 0 Å². The molecule has 130 valence electrons. The van der Waals surface area contributed by atoms with Crippen LogP contribution in [0.5, 0.6) is 0 Å². The molecule has 3 aromatic rings. The smallest absolute Gasteiger partial charge is 0.314 e. The number of fused-ring (bicyclic) bond motifs is 3. The van der Waals surface area contributed by atoms with E-state index in [-0.39, 0.29) is 11.2 Å². The van der Waals surface area contributed by atoms with Gasteiger partial charge in [-0.25, -0.2) is 4.79 Å². The molecule has 0 aliphatic carbocycles. The van der Waals surface area contributed by atoms with Gasteiger partial charge in [-0.15, -0.1) is 0 Å². The van der Waals surface area contributed by atoms with Crippen LogP contribution in [0.2, 0.25) is 0 Å². The molecule has 0 aliphatic rings. The van der Waals surface area contributed by atoms with E-state index in [4.69, 9.17) is 0 Å². The van der Waals surface area contributed by atoms with Crippen molar-refractivity contribution >= 4 is 16.9 Å². The fraction of sp³-hybridized carbons (Fsp3) is 0.588. The summed E-state index contributed by atoms with van der Waals surface area (Å²) in [6.45, 7) is 9.55. The Hall–Kier alpha value is -2.31. The van der Waals surface area contributed by atoms with E-state index >= 15 is 0 Å². The number of aromatic nitrogens is 5. The normalized spacial score (nSPS) is 12.1. The molecule has 0 spiro atoms. The molecule has 0 aliphatic heterocycles. The van der Waals surface area contributed by atoms with Gasteiger partial charge in [0, 0.05) is 32.0 Å². The van der Waals surface area contributed by atoms with Crippen molar-refractivity contribution in [2.24, 2.45) is 13.0 Å². The van der Waals surface area contributed by atoms with Crippen LogP contribution in [0.4, 0.5) is 0 Å². The van der Waals surface area contributed by atoms with Crippen molar-refractivity contribution in [1.82, 2.24) is 23.1 Å². The first-order valence-electron chi connectivity index (χ1n) is 8.54. The maximum absolute atomic E-state index is 12.9. The molecule has 0 fully saturated rings. The quantitative estimate of drug-likeness (QED) is 0.717. The lowest BCUT2D eigenvalue weighted by molar-refractivity contribution is 0.488. The Balaban J connectivity index is 2.34. The van der Waals surface area contributed by atoms with Gasteiger partial charge in [0.2, 0.25) is 5.78 Å². The fourth-order valence-electron chi connectivity index (χ4n) is 3.14. The van der Waals surface area contributed by atoms with Crippen molar-refractivity contribution in [3.8, 4) is 0 Å². The van der Waals surface area contributed by atoms with Crippen LogP contribution in [-0.4, -0.2) is 23.1 Å². The predicted octanol–water partition coefficient (Wildman–Crippen LogP) is 1.91. The molecule has 7 nitrogen and oxygen atoms in total. The zero-order valence-electron chi connectivity index (χ0n) is 15.0. The minimum atomic E-state index is -0.298. The number of hydrogen-bond acceptors (Lipinski definition) is 3. The molecule has 0 amide bonds. The highest BCUT2D eigenvalue weighted by atomic mass is 16.2. The molecule has 0 bridgehead atoms. The Bertz CT molecular complexity index is 1020. The first-order chi connectivity index (χ1) is 11.4. The van der Waals surface area contributed by atoms with Crippen LogP contribution in [0.1, 0.15) is 39.3 Å². The lowest BCUT2D eigenvalue weighted by atomic mass is 10.1. The van der Waals surface area contributed by atoms with Crippen molar-refractivity contribution in [1.29, 1.82) is 0 Å². The Morgan fingerprint density at radius 3 is 2.50 bits per heavy atom. The van der Waals surface area contributed by atoms with Gasteiger partial charge >= 0.3 is 5.69 Å². The Morgan fingerprint density at radius 1 is 1.17 bits per heavy atom. The molecular weight excluding hydrogens is 306 g/mol. The molecule has 3 heterocycles. The van der Waals surface area contributed by atoms with E-state index in [2.05, 4.69) is 30.3 Å². The third-order valence-electron chi connectivity index (χ3n) is 4.52. The third-order valence-corrected chi connectivity index (χ3v) is 4.52. The van der Waals surface area contributed by atoms with Crippen molar-refractivity contribution < 1.29 is 0 Å². The summed E-state index contributed by atoms with van der Waals surface area (Å²) in [5.41, 5.74) is 1.44. The Morgan fingerprint density at radius 2 is 1.88 bits per heavy atom. The van der Waals surface area contributed by atoms with Crippen LogP contribution in [0, 0.1) is 12.8 Å². The van der Waals surface area contributed by atoms with Crippen LogP contribution < -0.4 is 11.2 Å². The van der Waals surface area contributed by atoms with Gasteiger partial charge in [-0.05, 0) is 25.7 Å². The van der Waals surface area contributed by atoms with Crippen LogP contribution in [0.15, 0.2) is 15.8 Å². The van der Waals surface area contributed by atoms with Gasteiger partial charge in [0.15, 0.2) is 11.2 Å². The third kappa shape index (κ3) is 2.39. The molecule has 0 unspecified atom stereocenters. The molecule has 3 rings (SSSR count). The summed E-state index contributed by atoms with van der Waals surface area (Å²) in [7, 11) is 1.68. The lowest BCUT2D eigenvalue weighted by Crippen LogP contribution is -2.39. The number of hydrogen-bond donors (Lipinski definition) is 0. The summed E-state index contributed by atoms with van der Waals surface area (Å²) >= 11 is 0. The van der Waals surface area contributed by atoms with Gasteiger partial charge in [-0.2, -0.15) is 4.98 Å². The van der Waals surface area contributed by atoms with Gasteiger partial charge in [0.1, 0.15) is 0 Å². The lowest BCUT2D eigenvalue weighted by Gasteiger charge is -2.09. The van der Waals surface area contributed by atoms with E-state index in [0.717, 1.165) is 30.9 Å². The van der Waals surface area contributed by atoms with Crippen LogP contribution in [0.25, 0.3) is 16.9 Å². The first-order valence-corrected chi connectivity index (χ1v) is 8.54. The summed E-state index contributed by atoms with van der Waals surface area (Å²) < 4.78 is 6.73. The summed E-state index contributed by atoms with van der Waals surface area (Å²) in [6, 6.07) is 0. The highest BCUT2D eigenvalue weighted by Crippen LogP contribution is 2.16. The van der Waals surface area contributed by atoms with E-state index < -0.39 is 0 Å². The van der Waals surface area contributed by atoms with Crippen molar-refractivity contribution in [2.75, 3.05) is 0 Å². The van der Waals surface area contributed by atoms with Crippen molar-refractivity contribution in [2.45, 2.75) is 53.6 Å². The van der Waals surface area contributed by atoms with Gasteiger partial charge in [-0.1, -0.05) is 20.8 Å². The van der Waals surface area contributed by atoms with E-state index in [1.807, 2.05) is 17.5 Å². The first kappa shape index (κ1) is 16.5. The minimum absolute atomic E-state index is 0.255. The Labute approximate surface area is 140 Å². The summed E-state index contributed by atoms with van der Waals surface area (Å²) in [4.78, 5) is 30.1. The average Bonchev–Trinajstić information content (AvgIpc) is 3.02. The standard InChI is InChI=1S/C17H25N5O2/c1-6-8-20-12(4)10-22-13-14(18-16(20)22)19(5)17(24)21(15(13)23)9-7-11(2)3/h10-11H,6-9H2,1-5H3. The van der Waals surface area contributed by atoms with Gasteiger partial charge in [-0.3, -0.25) is 18.3 Å². The average molecular weight is 331 g/mol. The largest absolute Gasteiger partial charge is 0.332 e. The minimum Gasteiger partial charge on any atom is -0.314 e. The molecule has 7 heteroatoms. The highest BCUT2D eigenvalue weighted by molar-refractivity contribution is 5.75. The maximum atomic E-state index is 12.9. The van der Waals surface area contributed by atoms with E-state index in [9.17, 15) is 9.59 Å². The summed E-state index contributed by atoms with van der Waals surface area (Å²) in [5.74, 6) is 1.15. The molecule has 0 atom stereocenters. The van der Waals surface area contributed by atoms with Crippen LogP contribution in [0.3, 0.4) is 0 Å². The van der Waals surface area contributed by atoms with Crippen LogP contribution in [-0.2, 0) is 20.1 Å². The van der Waals surface area contributed by atoms with Crippen molar-refractivity contribution in [3.05, 3.63) is 32.7 Å². The monoisotopic (exact) mass is 331 g/mol. The van der Waals surface area contributed by atoms with Gasteiger partial charge < -0.3 is 4.57 Å². The van der Waals surface area contributed by atoms with Gasteiger partial charge in [0.05, 0.1) is 0 Å². The van der Waals surface area contributed by atoms with E-state index in [1.54, 1.807) is 7.05 Å². The van der Waals surface area contributed by atoms with Gasteiger partial charge in [0.25, 0.3) is 5.56 Å². The highest BCUT2D eigenvalue weighted by Gasteiger charge is 2.19. The van der Waals surface area contributed by atoms with E-state index in [0.29, 0.717) is 23.6 Å². The molecule has 0 saturated carbocycles.